The van der Waals surface area contributed by atoms with Gasteiger partial charge in [0.2, 0.25) is 5.91 Å². The van der Waals surface area contributed by atoms with Gasteiger partial charge in [-0.2, -0.15) is 5.10 Å². The summed E-state index contributed by atoms with van der Waals surface area (Å²) in [6, 6.07) is 0. The second-order valence-corrected chi connectivity index (χ2v) is 6.12. The highest BCUT2D eigenvalue weighted by molar-refractivity contribution is 6.31. The molecule has 0 saturated carbocycles. The fraction of sp³-hybridized carbons (Fsp3) is 0.750. The molecule has 0 fully saturated rings. The van der Waals surface area contributed by atoms with E-state index < -0.39 is 0 Å². The first-order chi connectivity index (χ1) is 10.4. The quantitative estimate of drug-likeness (QED) is 0.709. The van der Waals surface area contributed by atoms with E-state index in [9.17, 15) is 4.79 Å². The molecule has 0 spiro atoms. The average Bonchev–Trinajstić information content (AvgIpc) is 2.74. The van der Waals surface area contributed by atoms with Crippen molar-refractivity contribution in [3.05, 3.63) is 16.4 Å². The lowest BCUT2D eigenvalue weighted by molar-refractivity contribution is -0.124. The SMILES string of the molecule is CCN(CC)CCCNC(=O)C(C)Cn1nc(C)c(Cl)c1C. The number of amides is 1. The molecule has 22 heavy (non-hydrogen) atoms. The van der Waals surface area contributed by atoms with Gasteiger partial charge in [-0.25, -0.2) is 0 Å². The first-order valence-corrected chi connectivity index (χ1v) is 8.48. The molecule has 1 N–H and O–H groups in total. The van der Waals surface area contributed by atoms with E-state index in [1.165, 1.54) is 0 Å². The maximum absolute atomic E-state index is 12.1. The number of carbonyl (C=O) groups is 1. The second-order valence-electron chi connectivity index (χ2n) is 5.74. The summed E-state index contributed by atoms with van der Waals surface area (Å²) in [4.78, 5) is 14.5. The number of halogens is 1. The number of rotatable bonds is 9. The van der Waals surface area contributed by atoms with Gasteiger partial charge in [-0.05, 0) is 39.9 Å². The van der Waals surface area contributed by atoms with E-state index in [2.05, 4.69) is 29.2 Å². The molecule has 0 aromatic carbocycles. The number of nitrogens with zero attached hydrogens (tertiary/aromatic N) is 3. The number of hydrogen-bond donors (Lipinski definition) is 1. The molecular weight excluding hydrogens is 300 g/mol. The molecule has 0 saturated heterocycles. The molecule has 0 aliphatic rings. The topological polar surface area (TPSA) is 50.2 Å². The fourth-order valence-corrected chi connectivity index (χ4v) is 2.56. The zero-order chi connectivity index (χ0) is 16.7. The van der Waals surface area contributed by atoms with Crippen LogP contribution in [0.3, 0.4) is 0 Å². The lowest BCUT2D eigenvalue weighted by Gasteiger charge is -2.18. The van der Waals surface area contributed by atoms with E-state index in [1.807, 2.05) is 25.5 Å². The Kier molecular flexibility index (Phi) is 7.90. The Bertz CT molecular complexity index is 483. The molecule has 1 unspecified atom stereocenters. The largest absolute Gasteiger partial charge is 0.356 e. The van der Waals surface area contributed by atoms with E-state index in [-0.39, 0.29) is 11.8 Å². The molecule has 0 aliphatic carbocycles. The standard InChI is InChI=1S/C16H29ClN4O/c1-6-20(7-2)10-8-9-18-16(22)12(3)11-21-14(5)15(17)13(4)19-21/h12H,6-11H2,1-5H3,(H,18,22). The summed E-state index contributed by atoms with van der Waals surface area (Å²) in [5, 5.41) is 8.07. The van der Waals surface area contributed by atoms with Gasteiger partial charge in [0.25, 0.3) is 0 Å². The minimum Gasteiger partial charge on any atom is -0.356 e. The predicted molar refractivity (Wildman–Crippen MR) is 91.3 cm³/mol. The number of hydrogen-bond acceptors (Lipinski definition) is 3. The predicted octanol–water partition coefficient (Wildman–Crippen LogP) is 2.64. The Morgan fingerprint density at radius 2 is 2.00 bits per heavy atom. The van der Waals surface area contributed by atoms with Crippen LogP contribution in [-0.2, 0) is 11.3 Å². The Hall–Kier alpha value is -1.07. The van der Waals surface area contributed by atoms with Gasteiger partial charge < -0.3 is 10.2 Å². The molecule has 1 atom stereocenters. The molecule has 0 radical (unpaired) electrons. The van der Waals surface area contributed by atoms with Crippen LogP contribution in [-0.4, -0.2) is 46.8 Å². The number of carbonyl (C=O) groups excluding carboxylic acids is 1. The molecule has 6 heteroatoms. The fourth-order valence-electron chi connectivity index (χ4n) is 2.42. The summed E-state index contributed by atoms with van der Waals surface area (Å²) >= 11 is 6.13. The molecule has 1 aromatic rings. The first kappa shape index (κ1) is 19.0. The maximum atomic E-state index is 12.1. The molecule has 1 amide bonds. The van der Waals surface area contributed by atoms with Gasteiger partial charge in [0.05, 0.1) is 28.9 Å². The third-order valence-electron chi connectivity index (χ3n) is 4.03. The Morgan fingerprint density at radius 1 is 1.36 bits per heavy atom. The number of aryl methyl sites for hydroxylation is 1. The van der Waals surface area contributed by atoms with Crippen molar-refractivity contribution in [1.82, 2.24) is 20.0 Å². The highest BCUT2D eigenvalue weighted by atomic mass is 35.5. The summed E-state index contributed by atoms with van der Waals surface area (Å²) in [6.45, 7) is 14.4. The highest BCUT2D eigenvalue weighted by Crippen LogP contribution is 2.19. The van der Waals surface area contributed by atoms with Gasteiger partial charge in [0.1, 0.15) is 0 Å². The van der Waals surface area contributed by atoms with Crippen molar-refractivity contribution >= 4 is 17.5 Å². The molecule has 1 aromatic heterocycles. The van der Waals surface area contributed by atoms with Crippen molar-refractivity contribution in [1.29, 1.82) is 0 Å². The molecule has 126 valence electrons. The van der Waals surface area contributed by atoms with Crippen molar-refractivity contribution in [3.8, 4) is 0 Å². The van der Waals surface area contributed by atoms with E-state index >= 15 is 0 Å². The van der Waals surface area contributed by atoms with Crippen LogP contribution in [0.2, 0.25) is 5.02 Å². The summed E-state index contributed by atoms with van der Waals surface area (Å²) in [6.07, 6.45) is 0.978. The van der Waals surface area contributed by atoms with Crippen LogP contribution in [0.15, 0.2) is 0 Å². The third-order valence-corrected chi connectivity index (χ3v) is 4.58. The summed E-state index contributed by atoms with van der Waals surface area (Å²) < 4.78 is 1.82. The highest BCUT2D eigenvalue weighted by Gasteiger charge is 2.17. The Morgan fingerprint density at radius 3 is 2.50 bits per heavy atom. The van der Waals surface area contributed by atoms with Crippen molar-refractivity contribution in [2.75, 3.05) is 26.2 Å². The van der Waals surface area contributed by atoms with Gasteiger partial charge in [-0.1, -0.05) is 32.4 Å². The second kappa shape index (κ2) is 9.16. The summed E-state index contributed by atoms with van der Waals surface area (Å²) in [5.74, 6) is -0.0502. The summed E-state index contributed by atoms with van der Waals surface area (Å²) in [7, 11) is 0. The van der Waals surface area contributed by atoms with Crippen LogP contribution in [0.4, 0.5) is 0 Å². The third kappa shape index (κ3) is 5.29. The van der Waals surface area contributed by atoms with Gasteiger partial charge >= 0.3 is 0 Å². The summed E-state index contributed by atoms with van der Waals surface area (Å²) in [5.41, 5.74) is 1.73. The lowest BCUT2D eigenvalue weighted by Crippen LogP contribution is -2.34. The van der Waals surface area contributed by atoms with Gasteiger partial charge in [0.15, 0.2) is 0 Å². The molecule has 0 aliphatic heterocycles. The molecular formula is C16H29ClN4O. The molecule has 1 heterocycles. The van der Waals surface area contributed by atoms with Crippen molar-refractivity contribution in [3.63, 3.8) is 0 Å². The minimum absolute atomic E-state index is 0.0724. The first-order valence-electron chi connectivity index (χ1n) is 8.10. The Balaban J connectivity index is 2.37. The van der Waals surface area contributed by atoms with E-state index in [1.54, 1.807) is 0 Å². The van der Waals surface area contributed by atoms with Crippen LogP contribution in [0.25, 0.3) is 0 Å². The Labute approximate surface area is 139 Å². The van der Waals surface area contributed by atoms with Gasteiger partial charge in [0, 0.05) is 6.54 Å². The van der Waals surface area contributed by atoms with E-state index in [0.717, 1.165) is 44.0 Å². The van der Waals surface area contributed by atoms with Crippen molar-refractivity contribution in [2.45, 2.75) is 47.6 Å². The maximum Gasteiger partial charge on any atom is 0.224 e. The smallest absolute Gasteiger partial charge is 0.224 e. The lowest BCUT2D eigenvalue weighted by atomic mass is 10.1. The van der Waals surface area contributed by atoms with Gasteiger partial charge in [-0.15, -0.1) is 0 Å². The number of nitrogens with one attached hydrogen (secondary N) is 1. The average molecular weight is 329 g/mol. The molecule has 0 bridgehead atoms. The molecule has 1 rings (SSSR count). The minimum atomic E-state index is -0.123. The number of aromatic nitrogens is 2. The normalized spacial score (nSPS) is 12.7. The van der Waals surface area contributed by atoms with Crippen LogP contribution in [0.5, 0.6) is 0 Å². The molecule has 5 nitrogen and oxygen atoms in total. The zero-order valence-corrected chi connectivity index (χ0v) is 15.2. The van der Waals surface area contributed by atoms with Crippen molar-refractivity contribution in [2.24, 2.45) is 5.92 Å². The van der Waals surface area contributed by atoms with Crippen LogP contribution in [0.1, 0.15) is 38.6 Å². The van der Waals surface area contributed by atoms with Crippen LogP contribution < -0.4 is 5.32 Å². The van der Waals surface area contributed by atoms with Crippen LogP contribution in [0, 0.1) is 19.8 Å². The van der Waals surface area contributed by atoms with E-state index in [4.69, 9.17) is 11.6 Å². The van der Waals surface area contributed by atoms with Crippen molar-refractivity contribution < 1.29 is 4.79 Å². The van der Waals surface area contributed by atoms with Crippen LogP contribution >= 0.6 is 11.6 Å². The zero-order valence-electron chi connectivity index (χ0n) is 14.4. The van der Waals surface area contributed by atoms with Gasteiger partial charge in [-0.3, -0.25) is 9.48 Å². The van der Waals surface area contributed by atoms with E-state index in [0.29, 0.717) is 11.6 Å². The monoisotopic (exact) mass is 328 g/mol.